The first-order valence-electron chi connectivity index (χ1n) is 23.7. The van der Waals surface area contributed by atoms with Gasteiger partial charge in [0, 0.05) is 67.2 Å². The molecule has 0 aliphatic rings. The standard InChI is InChI=1S/C31H24N2O4.C30H22N2O4/c1-17-4-10-25-21(12-17)29(34)22-15-28-24(14-26(22)32-25)30(35)23-13-18(2)5-11-27(23)33(28)16-19-6-8-20(9-7-19)31(36)37-3;1-16-3-9-24-20(11-16)28(33)21-14-27-23(13-25(21)31-24)29(34)22-12-17(2)4-10-26(22)32(27)15-18-5-7-19(8-6-18)30(35)36/h4-15H,16H2,1-3H3,(H,32,34);3-14H,15H2,1-2H3,(H,31,33)(H,35,36). The molecule has 0 aliphatic heterocycles. The zero-order valence-electron chi connectivity index (χ0n) is 40.5. The van der Waals surface area contributed by atoms with Crippen molar-refractivity contribution >= 4 is 99.2 Å². The highest BCUT2D eigenvalue weighted by molar-refractivity contribution is 6.05. The van der Waals surface area contributed by atoms with Gasteiger partial charge in [0.25, 0.3) is 0 Å². The van der Waals surface area contributed by atoms with E-state index in [0.29, 0.717) is 83.8 Å². The molecule has 0 bridgehead atoms. The molecule has 0 atom stereocenters. The Morgan fingerprint density at radius 1 is 0.411 bits per heavy atom. The minimum atomic E-state index is -0.982. The molecule has 0 saturated heterocycles. The van der Waals surface area contributed by atoms with Crippen molar-refractivity contribution in [1.29, 1.82) is 0 Å². The Labute approximate surface area is 415 Å². The van der Waals surface area contributed by atoms with Crippen molar-refractivity contribution in [2.45, 2.75) is 40.8 Å². The quantitative estimate of drug-likeness (QED) is 0.109. The number of ether oxygens (including phenoxy) is 1. The van der Waals surface area contributed by atoms with E-state index < -0.39 is 11.9 Å². The van der Waals surface area contributed by atoms with Crippen LogP contribution in [0.15, 0.2) is 165 Å². The molecule has 4 aromatic heterocycles. The summed E-state index contributed by atoms with van der Waals surface area (Å²) < 4.78 is 8.91. The number of fused-ring (bicyclic) bond motifs is 8. The molecule has 0 fully saturated rings. The van der Waals surface area contributed by atoms with Crippen LogP contribution in [-0.2, 0) is 17.8 Å². The minimum absolute atomic E-state index is 0.0696. The molecule has 0 spiro atoms. The number of nitrogens with zero attached hydrogens (tertiary/aromatic N) is 2. The molecule has 358 valence electrons. The maximum atomic E-state index is 13.7. The second-order valence-corrected chi connectivity index (χ2v) is 18.9. The number of aromatic nitrogens is 4. The second kappa shape index (κ2) is 17.8. The number of rotatable bonds is 6. The summed E-state index contributed by atoms with van der Waals surface area (Å²) in [5.74, 6) is -1.38. The predicted octanol–water partition coefficient (Wildman–Crippen LogP) is 11.1. The van der Waals surface area contributed by atoms with Crippen LogP contribution in [0, 0.1) is 27.7 Å². The summed E-state index contributed by atoms with van der Waals surface area (Å²) in [6, 6.07) is 44.2. The third-order valence-corrected chi connectivity index (χ3v) is 13.8. The monoisotopic (exact) mass is 962 g/mol. The zero-order chi connectivity index (χ0) is 51.0. The number of aromatic amines is 2. The molecule has 0 radical (unpaired) electrons. The largest absolute Gasteiger partial charge is 0.478 e. The fourth-order valence-electron chi connectivity index (χ4n) is 10.1. The van der Waals surface area contributed by atoms with Crippen molar-refractivity contribution in [2.24, 2.45) is 0 Å². The van der Waals surface area contributed by atoms with E-state index in [2.05, 4.69) is 14.5 Å². The molecule has 0 saturated carbocycles. The summed E-state index contributed by atoms with van der Waals surface area (Å²) in [5, 5.41) is 13.8. The average molecular weight is 963 g/mol. The number of benzene rings is 8. The van der Waals surface area contributed by atoms with Crippen molar-refractivity contribution in [3.05, 3.63) is 231 Å². The number of hydrogen-bond acceptors (Lipinski definition) is 7. The molecular formula is C61H46N4O8. The van der Waals surface area contributed by atoms with E-state index >= 15 is 0 Å². The highest BCUT2D eigenvalue weighted by atomic mass is 16.5. The Morgan fingerprint density at radius 2 is 0.753 bits per heavy atom. The fourth-order valence-corrected chi connectivity index (χ4v) is 10.1. The van der Waals surface area contributed by atoms with Gasteiger partial charge < -0.3 is 28.9 Å². The van der Waals surface area contributed by atoms with Crippen molar-refractivity contribution in [1.82, 2.24) is 19.1 Å². The highest BCUT2D eigenvalue weighted by Crippen LogP contribution is 2.29. The number of carboxylic acids is 1. The number of H-pyrrole nitrogens is 2. The minimum Gasteiger partial charge on any atom is -0.478 e. The van der Waals surface area contributed by atoms with E-state index in [1.54, 1.807) is 54.6 Å². The molecule has 0 aliphatic carbocycles. The zero-order valence-corrected chi connectivity index (χ0v) is 40.5. The first-order chi connectivity index (χ1) is 35.1. The van der Waals surface area contributed by atoms with Crippen molar-refractivity contribution in [3.8, 4) is 0 Å². The lowest BCUT2D eigenvalue weighted by molar-refractivity contribution is 0.0599. The first-order valence-corrected chi connectivity index (χ1v) is 23.7. The van der Waals surface area contributed by atoms with E-state index in [9.17, 15) is 33.9 Å². The van der Waals surface area contributed by atoms with Gasteiger partial charge in [-0.3, -0.25) is 19.2 Å². The molecule has 8 aromatic carbocycles. The molecule has 3 N–H and O–H groups in total. The lowest BCUT2D eigenvalue weighted by atomic mass is 10.0. The molecule has 0 unspecified atom stereocenters. The number of carbonyl (C=O) groups is 2. The Bertz CT molecular complexity index is 4600. The second-order valence-electron chi connectivity index (χ2n) is 18.9. The highest BCUT2D eigenvalue weighted by Gasteiger charge is 2.18. The maximum Gasteiger partial charge on any atom is 0.337 e. The Hall–Kier alpha value is -9.42. The molecular weight excluding hydrogens is 917 g/mol. The number of aryl methyl sites for hydroxylation is 4. The van der Waals surface area contributed by atoms with Gasteiger partial charge in [0.05, 0.1) is 51.3 Å². The molecule has 4 heterocycles. The Kier molecular flexibility index (Phi) is 11.2. The molecule has 73 heavy (non-hydrogen) atoms. The number of esters is 1. The smallest absolute Gasteiger partial charge is 0.337 e. The van der Waals surface area contributed by atoms with Gasteiger partial charge in [-0.15, -0.1) is 0 Å². The number of aromatic carboxylic acids is 1. The van der Waals surface area contributed by atoms with Gasteiger partial charge in [-0.1, -0.05) is 70.8 Å². The Morgan fingerprint density at radius 3 is 1.15 bits per heavy atom. The summed E-state index contributed by atoms with van der Waals surface area (Å²) in [5.41, 5.74) is 11.8. The summed E-state index contributed by atoms with van der Waals surface area (Å²) >= 11 is 0. The van der Waals surface area contributed by atoms with Crippen LogP contribution in [0.3, 0.4) is 0 Å². The van der Waals surface area contributed by atoms with Gasteiger partial charge in [0.15, 0.2) is 21.7 Å². The van der Waals surface area contributed by atoms with Gasteiger partial charge in [0.2, 0.25) is 0 Å². The molecule has 12 rings (SSSR count). The summed E-state index contributed by atoms with van der Waals surface area (Å²) in [6.07, 6.45) is 0. The van der Waals surface area contributed by atoms with E-state index in [1.807, 2.05) is 123 Å². The average Bonchev–Trinajstić information content (AvgIpc) is 3.39. The van der Waals surface area contributed by atoms with Gasteiger partial charge in [-0.25, -0.2) is 9.59 Å². The maximum absolute atomic E-state index is 13.7. The molecule has 12 aromatic rings. The Balaban J connectivity index is 0.000000157. The van der Waals surface area contributed by atoms with Gasteiger partial charge in [-0.05, 0) is 136 Å². The van der Waals surface area contributed by atoms with Crippen LogP contribution in [0.1, 0.15) is 54.1 Å². The first kappa shape index (κ1) is 46.0. The predicted molar refractivity (Wildman–Crippen MR) is 291 cm³/mol. The van der Waals surface area contributed by atoms with Crippen molar-refractivity contribution in [3.63, 3.8) is 0 Å². The lowest BCUT2D eigenvalue weighted by Crippen LogP contribution is -2.14. The summed E-state index contributed by atoms with van der Waals surface area (Å²) in [6.45, 7) is 8.68. The third kappa shape index (κ3) is 8.08. The van der Waals surface area contributed by atoms with Crippen LogP contribution in [0.2, 0.25) is 0 Å². The topological polar surface area (TPSA) is 173 Å². The number of carboxylic acid groups (broad SMARTS) is 1. The molecule has 12 nitrogen and oxygen atoms in total. The lowest BCUT2D eigenvalue weighted by Gasteiger charge is -2.17. The number of methoxy groups -OCH3 is 1. The van der Waals surface area contributed by atoms with Crippen LogP contribution in [0.25, 0.3) is 87.2 Å². The van der Waals surface area contributed by atoms with E-state index in [-0.39, 0.29) is 27.3 Å². The van der Waals surface area contributed by atoms with Crippen LogP contribution >= 0.6 is 0 Å². The molecule has 12 heteroatoms. The summed E-state index contributed by atoms with van der Waals surface area (Å²) in [7, 11) is 1.35. The van der Waals surface area contributed by atoms with E-state index in [0.717, 1.165) is 55.4 Å². The number of nitrogens with one attached hydrogen (secondary N) is 2. The fraction of sp³-hybridized carbons (Fsp3) is 0.115. The number of carbonyl (C=O) groups excluding carboxylic acids is 1. The summed E-state index contributed by atoms with van der Waals surface area (Å²) in [4.78, 5) is 84.2. The van der Waals surface area contributed by atoms with Crippen LogP contribution in [0.4, 0.5) is 0 Å². The van der Waals surface area contributed by atoms with Gasteiger partial charge in [-0.2, -0.15) is 0 Å². The SMILES string of the molecule is COC(=O)c1ccc(Cn2c3ccc(C)cc3c(=O)c3cc4[nH]c5ccc(C)cc5c(=O)c4cc32)cc1.Cc1ccc2[nH]c3cc4c(=O)c5cc(C)ccc5n(Cc5ccc(C(=O)O)cc5)c4cc3c(=O)c2c1. The van der Waals surface area contributed by atoms with E-state index in [4.69, 9.17) is 4.74 Å². The van der Waals surface area contributed by atoms with E-state index in [1.165, 1.54) is 7.11 Å². The van der Waals surface area contributed by atoms with Gasteiger partial charge >= 0.3 is 11.9 Å². The van der Waals surface area contributed by atoms with Crippen LogP contribution in [0.5, 0.6) is 0 Å². The molecule has 0 amide bonds. The number of hydrogen-bond donors (Lipinski definition) is 3. The third-order valence-electron chi connectivity index (χ3n) is 13.8. The van der Waals surface area contributed by atoms with Gasteiger partial charge in [0.1, 0.15) is 0 Å². The normalized spacial score (nSPS) is 11.6. The number of pyridine rings is 4. The van der Waals surface area contributed by atoms with Crippen molar-refractivity contribution < 1.29 is 19.4 Å². The van der Waals surface area contributed by atoms with Crippen LogP contribution in [-0.4, -0.2) is 43.3 Å². The van der Waals surface area contributed by atoms with Crippen LogP contribution < -0.4 is 21.7 Å². The van der Waals surface area contributed by atoms with Crippen molar-refractivity contribution in [2.75, 3.05) is 7.11 Å².